The molecule has 9 heteroatoms. The Kier molecular flexibility index (Phi) is 5.57. The minimum Gasteiger partial charge on any atom is -0.373 e. The van der Waals surface area contributed by atoms with Gasteiger partial charge in [-0.05, 0) is 24.3 Å². The van der Waals surface area contributed by atoms with Crippen LogP contribution in [-0.2, 0) is 7.05 Å². The molecule has 0 spiro atoms. The number of aryl methyl sites for hydroxylation is 1. The number of para-hydroxylation sites is 2. The highest BCUT2D eigenvalue weighted by Crippen LogP contribution is 2.28. The van der Waals surface area contributed by atoms with Crippen molar-refractivity contribution in [3.05, 3.63) is 67.0 Å². The molecule has 0 N–H and O–H groups in total. The van der Waals surface area contributed by atoms with Gasteiger partial charge in [-0.25, -0.2) is 19.7 Å². The van der Waals surface area contributed by atoms with Crippen molar-refractivity contribution in [1.29, 1.82) is 0 Å². The largest absolute Gasteiger partial charge is 0.426 e. The molecule has 0 atom stereocenters. The zero-order chi connectivity index (χ0) is 21.8. The topological polar surface area (TPSA) is 88.7 Å². The van der Waals surface area contributed by atoms with Crippen molar-refractivity contribution in [2.24, 2.45) is 12.0 Å². The van der Waals surface area contributed by atoms with Gasteiger partial charge in [0.1, 0.15) is 0 Å². The number of fused-ring (bicyclic) bond motifs is 1. The Morgan fingerprint density at radius 2 is 1.61 bits per heavy atom. The van der Waals surface area contributed by atoms with Crippen LogP contribution in [0.15, 0.2) is 72.0 Å². The van der Waals surface area contributed by atoms with Crippen molar-refractivity contribution in [2.45, 2.75) is 0 Å². The minimum atomic E-state index is -0.638. The number of nitrogens with zero attached hydrogens (tertiary/aromatic N) is 7. The molecule has 4 aromatic rings. The maximum atomic E-state index is 13.2. The molecule has 0 unspecified atom stereocenters. The number of carbonyl (C=O) groups is 1. The van der Waals surface area contributed by atoms with E-state index >= 15 is 0 Å². The van der Waals surface area contributed by atoms with Gasteiger partial charge in [-0.3, -0.25) is 0 Å². The van der Waals surface area contributed by atoms with Crippen molar-refractivity contribution >= 4 is 40.8 Å². The number of hydrogen-bond donors (Lipinski definition) is 0. The van der Waals surface area contributed by atoms with Crippen LogP contribution in [0.1, 0.15) is 0 Å². The molecule has 2 aromatic heterocycles. The van der Waals surface area contributed by atoms with E-state index < -0.39 is 6.09 Å². The van der Waals surface area contributed by atoms with Gasteiger partial charge in [0.25, 0.3) is 0 Å². The summed E-state index contributed by atoms with van der Waals surface area (Å²) in [6.45, 7) is 0. The Balaban J connectivity index is 1.73. The van der Waals surface area contributed by atoms with Crippen molar-refractivity contribution < 1.29 is 9.53 Å². The molecule has 156 valence electrons. The Morgan fingerprint density at radius 1 is 1.00 bits per heavy atom. The Labute approximate surface area is 179 Å². The molecule has 9 nitrogen and oxygen atoms in total. The first kappa shape index (κ1) is 20.0. The molecular formula is C22H21N7O2. The number of benzene rings is 2. The predicted octanol–water partition coefficient (Wildman–Crippen LogP) is 3.92. The molecule has 0 saturated carbocycles. The van der Waals surface area contributed by atoms with Gasteiger partial charge < -0.3 is 14.2 Å². The number of ether oxygens (including phenoxy) is 1. The maximum absolute atomic E-state index is 13.2. The molecule has 0 aliphatic heterocycles. The number of carbonyl (C=O) groups excluding carboxylic acids is 1. The summed E-state index contributed by atoms with van der Waals surface area (Å²) in [5.41, 5.74) is 2.34. The summed E-state index contributed by atoms with van der Waals surface area (Å²) in [5.74, 6) is 0.313. The molecule has 0 saturated heterocycles. The number of imidazole rings is 1. The van der Waals surface area contributed by atoms with Crippen LogP contribution in [0.4, 0.5) is 22.0 Å². The van der Waals surface area contributed by atoms with Crippen LogP contribution in [0.3, 0.4) is 0 Å². The highest BCUT2D eigenvalue weighted by atomic mass is 16.6. The van der Waals surface area contributed by atoms with Crippen LogP contribution < -0.4 is 9.64 Å². The molecule has 0 aliphatic rings. The summed E-state index contributed by atoms with van der Waals surface area (Å²) in [6.07, 6.45) is 2.57. The van der Waals surface area contributed by atoms with E-state index in [1.54, 1.807) is 29.2 Å². The summed E-state index contributed by atoms with van der Waals surface area (Å²) in [4.78, 5) is 33.8. The van der Waals surface area contributed by atoms with Gasteiger partial charge >= 0.3 is 12.1 Å². The summed E-state index contributed by atoms with van der Waals surface area (Å²) in [7, 11) is 5.49. The molecule has 2 heterocycles. The lowest BCUT2D eigenvalue weighted by Gasteiger charge is -2.21. The van der Waals surface area contributed by atoms with E-state index in [1.807, 2.05) is 74.8 Å². The first-order chi connectivity index (χ1) is 15.0. The zero-order valence-electron chi connectivity index (χ0n) is 17.4. The third kappa shape index (κ3) is 4.35. The zero-order valence-corrected chi connectivity index (χ0v) is 17.4. The second kappa shape index (κ2) is 8.62. The van der Waals surface area contributed by atoms with E-state index in [1.165, 1.54) is 4.90 Å². The third-order valence-corrected chi connectivity index (χ3v) is 4.32. The van der Waals surface area contributed by atoms with Gasteiger partial charge in [0.15, 0.2) is 17.0 Å². The summed E-state index contributed by atoms with van der Waals surface area (Å²) in [5, 5.41) is 0. The van der Waals surface area contributed by atoms with Crippen LogP contribution in [0, 0.1) is 0 Å². The molecule has 0 bridgehead atoms. The molecular weight excluding hydrogens is 394 g/mol. The van der Waals surface area contributed by atoms with Gasteiger partial charge in [0.05, 0.1) is 24.0 Å². The van der Waals surface area contributed by atoms with Crippen LogP contribution in [-0.4, -0.2) is 50.9 Å². The monoisotopic (exact) mass is 415 g/mol. The molecule has 4 rings (SSSR count). The lowest BCUT2D eigenvalue weighted by Crippen LogP contribution is -2.29. The fraction of sp³-hybridized carbons (Fsp3) is 0.136. The number of aromatic nitrogens is 4. The predicted molar refractivity (Wildman–Crippen MR) is 119 cm³/mol. The van der Waals surface area contributed by atoms with E-state index in [0.29, 0.717) is 28.4 Å². The summed E-state index contributed by atoms with van der Waals surface area (Å²) in [6, 6.07) is 18.4. The van der Waals surface area contributed by atoms with E-state index in [-0.39, 0.29) is 6.01 Å². The second-order valence-corrected chi connectivity index (χ2v) is 6.94. The summed E-state index contributed by atoms with van der Waals surface area (Å²) >= 11 is 0. The Hall–Kier alpha value is -4.27. The van der Waals surface area contributed by atoms with Crippen molar-refractivity contribution in [1.82, 2.24) is 24.4 Å². The lowest BCUT2D eigenvalue weighted by atomic mass is 10.2. The number of hydrogen-bond acceptors (Lipinski definition) is 6. The van der Waals surface area contributed by atoms with Gasteiger partial charge in [0, 0.05) is 21.1 Å². The van der Waals surface area contributed by atoms with E-state index in [2.05, 4.69) is 19.9 Å². The normalized spacial score (nSPS) is 11.1. The van der Waals surface area contributed by atoms with E-state index in [0.717, 1.165) is 0 Å². The van der Waals surface area contributed by atoms with Gasteiger partial charge in [-0.1, -0.05) is 36.4 Å². The fourth-order valence-electron chi connectivity index (χ4n) is 2.92. The molecule has 0 aliphatic carbocycles. The third-order valence-electron chi connectivity index (χ3n) is 4.32. The smallest absolute Gasteiger partial charge is 0.373 e. The maximum Gasteiger partial charge on any atom is 0.426 e. The fourth-order valence-corrected chi connectivity index (χ4v) is 2.92. The average molecular weight is 415 g/mol. The summed E-state index contributed by atoms with van der Waals surface area (Å²) < 4.78 is 7.32. The van der Waals surface area contributed by atoms with Crippen molar-refractivity contribution in [3.63, 3.8) is 0 Å². The average Bonchev–Trinajstić information content (AvgIpc) is 3.14. The minimum absolute atomic E-state index is 0.108. The van der Waals surface area contributed by atoms with Crippen molar-refractivity contribution in [2.75, 3.05) is 19.0 Å². The first-order valence-corrected chi connectivity index (χ1v) is 9.54. The molecule has 0 fully saturated rings. The van der Waals surface area contributed by atoms with Gasteiger partial charge in [0.2, 0.25) is 0 Å². The Morgan fingerprint density at radius 3 is 2.19 bits per heavy atom. The van der Waals surface area contributed by atoms with Gasteiger partial charge in [-0.2, -0.15) is 9.97 Å². The van der Waals surface area contributed by atoms with Crippen LogP contribution in [0.2, 0.25) is 0 Å². The highest BCUT2D eigenvalue weighted by Gasteiger charge is 2.22. The van der Waals surface area contributed by atoms with Crippen LogP contribution in [0.25, 0.3) is 11.2 Å². The number of aliphatic imine (C=N–C) groups is 1. The Bertz CT molecular complexity index is 1180. The number of amides is 1. The second-order valence-electron chi connectivity index (χ2n) is 6.94. The quantitative estimate of drug-likeness (QED) is 0.363. The number of rotatable bonds is 5. The number of anilines is 2. The first-order valence-electron chi connectivity index (χ1n) is 9.54. The van der Waals surface area contributed by atoms with E-state index in [4.69, 9.17) is 4.74 Å². The molecule has 0 radical (unpaired) electrons. The lowest BCUT2D eigenvalue weighted by molar-refractivity contribution is 0.206. The van der Waals surface area contributed by atoms with Gasteiger partial charge in [-0.15, -0.1) is 0 Å². The molecule has 2 aromatic carbocycles. The van der Waals surface area contributed by atoms with Crippen LogP contribution in [0.5, 0.6) is 6.01 Å². The molecule has 1 amide bonds. The highest BCUT2D eigenvalue weighted by molar-refractivity contribution is 5.97. The SMILES string of the molecule is CN(C)C=Nc1nc(OC(=O)N(c2ccccc2)c2ccccc2)nc2c1ncn2C. The molecule has 31 heavy (non-hydrogen) atoms. The van der Waals surface area contributed by atoms with E-state index in [9.17, 15) is 4.79 Å². The van der Waals surface area contributed by atoms with Crippen molar-refractivity contribution in [3.8, 4) is 6.01 Å². The van der Waals surface area contributed by atoms with Crippen LogP contribution >= 0.6 is 0 Å². The standard InChI is InChI=1S/C22H21N7O2/c1-27(2)14-24-19-18-20(28(3)15-23-18)26-21(25-19)31-22(30)29(16-10-6-4-7-11-16)17-12-8-5-9-13-17/h4-15H,1-3H3.